The van der Waals surface area contributed by atoms with Crippen molar-refractivity contribution < 1.29 is 16.8 Å². The van der Waals surface area contributed by atoms with Crippen molar-refractivity contribution >= 4 is 25.6 Å². The van der Waals surface area contributed by atoms with E-state index in [1.807, 2.05) is 12.1 Å². The Hall–Kier alpha value is -3.02. The Morgan fingerprint density at radius 3 is 1.37 bits per heavy atom. The van der Waals surface area contributed by atoms with Crippen LogP contribution in [0.15, 0.2) is 51.8 Å². The lowest BCUT2D eigenvalue weighted by Gasteiger charge is -2.13. The SMILES string of the molecule is CN(C)S(=O)(=O)c1ccc2c(c1)C(=C(C#N)C#N)c1cc(S(=O)(=O)N(C)C)ccc1-2. The second-order valence-corrected chi connectivity index (χ2v) is 11.3. The number of sulfonamides is 2. The first kappa shape index (κ1) is 21.7. The van der Waals surface area contributed by atoms with Crippen LogP contribution in [0.4, 0.5) is 0 Å². The van der Waals surface area contributed by atoms with E-state index in [1.165, 1.54) is 52.5 Å². The Kier molecular flexibility index (Phi) is 5.31. The maximum Gasteiger partial charge on any atom is 0.242 e. The number of hydrogen-bond donors (Lipinski definition) is 0. The number of fused-ring (bicyclic) bond motifs is 3. The fraction of sp³-hybridized carbons (Fsp3) is 0.200. The molecule has 0 fully saturated rings. The molecular formula is C20H18N4O4S2. The van der Waals surface area contributed by atoms with Gasteiger partial charge in [0, 0.05) is 33.8 Å². The van der Waals surface area contributed by atoms with Crippen LogP contribution in [-0.2, 0) is 20.0 Å². The molecule has 0 saturated carbocycles. The van der Waals surface area contributed by atoms with E-state index in [-0.39, 0.29) is 20.9 Å². The Balaban J connectivity index is 2.38. The summed E-state index contributed by atoms with van der Waals surface area (Å²) in [5, 5.41) is 19.0. The second kappa shape index (κ2) is 7.35. The first-order valence-corrected chi connectivity index (χ1v) is 11.5. The van der Waals surface area contributed by atoms with Gasteiger partial charge in [0.05, 0.1) is 9.79 Å². The maximum absolute atomic E-state index is 12.6. The fourth-order valence-corrected chi connectivity index (χ4v) is 5.08. The number of hydrogen-bond acceptors (Lipinski definition) is 6. The van der Waals surface area contributed by atoms with Crippen molar-refractivity contribution in [2.24, 2.45) is 0 Å². The molecule has 0 N–H and O–H groups in total. The maximum atomic E-state index is 12.6. The molecule has 0 unspecified atom stereocenters. The van der Waals surface area contributed by atoms with Gasteiger partial charge in [-0.2, -0.15) is 10.5 Å². The summed E-state index contributed by atoms with van der Waals surface area (Å²) in [5.74, 6) is 0. The zero-order chi connectivity index (χ0) is 22.4. The molecule has 0 amide bonds. The summed E-state index contributed by atoms with van der Waals surface area (Å²) in [5.41, 5.74) is 2.02. The lowest BCUT2D eigenvalue weighted by Crippen LogP contribution is -2.22. The topological polar surface area (TPSA) is 122 Å². The van der Waals surface area contributed by atoms with Gasteiger partial charge in [0.25, 0.3) is 0 Å². The molecule has 2 aromatic rings. The van der Waals surface area contributed by atoms with Crippen LogP contribution >= 0.6 is 0 Å². The highest BCUT2D eigenvalue weighted by atomic mass is 32.2. The lowest BCUT2D eigenvalue weighted by atomic mass is 9.99. The van der Waals surface area contributed by atoms with Gasteiger partial charge in [0.2, 0.25) is 20.0 Å². The van der Waals surface area contributed by atoms with Gasteiger partial charge in [-0.25, -0.2) is 25.4 Å². The van der Waals surface area contributed by atoms with Crippen molar-refractivity contribution in [3.05, 3.63) is 53.1 Å². The van der Waals surface area contributed by atoms with Crippen LogP contribution < -0.4 is 0 Å². The zero-order valence-electron chi connectivity index (χ0n) is 16.7. The Morgan fingerprint density at radius 1 is 0.700 bits per heavy atom. The predicted molar refractivity (Wildman–Crippen MR) is 111 cm³/mol. The third-order valence-electron chi connectivity index (χ3n) is 4.84. The van der Waals surface area contributed by atoms with Crippen LogP contribution in [0.5, 0.6) is 0 Å². The molecule has 0 aromatic heterocycles. The van der Waals surface area contributed by atoms with E-state index in [4.69, 9.17) is 0 Å². The van der Waals surface area contributed by atoms with Gasteiger partial charge in [-0.1, -0.05) is 12.1 Å². The first-order valence-electron chi connectivity index (χ1n) is 8.65. The van der Waals surface area contributed by atoms with Crippen LogP contribution in [0, 0.1) is 22.7 Å². The molecule has 0 heterocycles. The molecule has 3 rings (SSSR count). The lowest BCUT2D eigenvalue weighted by molar-refractivity contribution is 0.519. The van der Waals surface area contributed by atoms with Gasteiger partial charge in [-0.15, -0.1) is 0 Å². The zero-order valence-corrected chi connectivity index (χ0v) is 18.3. The fourth-order valence-electron chi connectivity index (χ4n) is 3.22. The quantitative estimate of drug-likeness (QED) is 0.570. The molecule has 0 spiro atoms. The van der Waals surface area contributed by atoms with Crippen LogP contribution in [0.25, 0.3) is 16.7 Å². The second-order valence-electron chi connectivity index (χ2n) is 6.96. The van der Waals surface area contributed by atoms with Gasteiger partial charge in [0.15, 0.2) is 0 Å². The molecule has 0 saturated heterocycles. The Labute approximate surface area is 176 Å². The third-order valence-corrected chi connectivity index (χ3v) is 8.46. The molecular weight excluding hydrogens is 424 g/mol. The van der Waals surface area contributed by atoms with Crippen molar-refractivity contribution in [1.82, 2.24) is 8.61 Å². The van der Waals surface area contributed by atoms with E-state index >= 15 is 0 Å². The third kappa shape index (κ3) is 3.20. The largest absolute Gasteiger partial charge is 0.242 e. The summed E-state index contributed by atoms with van der Waals surface area (Å²) < 4.78 is 52.4. The van der Waals surface area contributed by atoms with Crippen LogP contribution in [-0.4, -0.2) is 53.6 Å². The number of allylic oxidation sites excluding steroid dienone is 1. The van der Waals surface area contributed by atoms with E-state index < -0.39 is 20.0 Å². The van der Waals surface area contributed by atoms with Gasteiger partial charge in [0.1, 0.15) is 17.7 Å². The smallest absolute Gasteiger partial charge is 0.207 e. The molecule has 0 atom stereocenters. The average molecular weight is 443 g/mol. The number of benzene rings is 2. The van der Waals surface area contributed by atoms with E-state index in [0.717, 1.165) is 8.61 Å². The number of rotatable bonds is 4. The van der Waals surface area contributed by atoms with Crippen LogP contribution in [0.1, 0.15) is 11.1 Å². The highest BCUT2D eigenvalue weighted by Gasteiger charge is 2.31. The van der Waals surface area contributed by atoms with Crippen LogP contribution in [0.3, 0.4) is 0 Å². The molecule has 154 valence electrons. The van der Waals surface area contributed by atoms with Crippen molar-refractivity contribution in [1.29, 1.82) is 10.5 Å². The van der Waals surface area contributed by atoms with Crippen molar-refractivity contribution in [2.45, 2.75) is 9.79 Å². The minimum absolute atomic E-state index is 0.00734. The van der Waals surface area contributed by atoms with E-state index in [0.29, 0.717) is 22.3 Å². The molecule has 0 radical (unpaired) electrons. The van der Waals surface area contributed by atoms with Crippen molar-refractivity contribution in [2.75, 3.05) is 28.2 Å². The number of nitrogens with zero attached hydrogens (tertiary/aromatic N) is 4. The molecule has 8 nitrogen and oxygen atoms in total. The highest BCUT2D eigenvalue weighted by molar-refractivity contribution is 7.89. The van der Waals surface area contributed by atoms with E-state index in [1.54, 1.807) is 12.1 Å². The molecule has 0 bridgehead atoms. The highest BCUT2D eigenvalue weighted by Crippen LogP contribution is 2.47. The van der Waals surface area contributed by atoms with Gasteiger partial charge in [-0.3, -0.25) is 0 Å². The molecule has 30 heavy (non-hydrogen) atoms. The number of nitriles is 2. The Morgan fingerprint density at radius 2 is 1.07 bits per heavy atom. The minimum atomic E-state index is -3.75. The minimum Gasteiger partial charge on any atom is -0.207 e. The summed E-state index contributed by atoms with van der Waals surface area (Å²) >= 11 is 0. The first-order chi connectivity index (χ1) is 14.0. The van der Waals surface area contributed by atoms with E-state index in [2.05, 4.69) is 0 Å². The monoisotopic (exact) mass is 442 g/mol. The molecule has 10 heteroatoms. The molecule has 1 aliphatic carbocycles. The van der Waals surface area contributed by atoms with Crippen molar-refractivity contribution in [3.63, 3.8) is 0 Å². The van der Waals surface area contributed by atoms with Gasteiger partial charge >= 0.3 is 0 Å². The van der Waals surface area contributed by atoms with Gasteiger partial charge < -0.3 is 0 Å². The van der Waals surface area contributed by atoms with Gasteiger partial charge in [-0.05, 0) is 46.5 Å². The molecule has 1 aliphatic rings. The van der Waals surface area contributed by atoms with E-state index in [9.17, 15) is 27.4 Å². The summed E-state index contributed by atoms with van der Waals surface area (Å²) in [6, 6.07) is 12.6. The summed E-state index contributed by atoms with van der Waals surface area (Å²) in [4.78, 5) is 0.0147. The molecule has 2 aromatic carbocycles. The summed E-state index contributed by atoms with van der Waals surface area (Å²) in [7, 11) is -1.88. The van der Waals surface area contributed by atoms with Crippen LogP contribution in [0.2, 0.25) is 0 Å². The molecule has 0 aliphatic heterocycles. The summed E-state index contributed by atoms with van der Waals surface area (Å²) in [6.45, 7) is 0. The summed E-state index contributed by atoms with van der Waals surface area (Å²) in [6.07, 6.45) is 0. The standard InChI is InChI=1S/C20H18N4O4S2/c1-23(2)29(25,26)14-5-7-16-17-8-6-15(30(27,28)24(3)4)10-19(17)20(18(16)9-14)13(11-21)12-22/h5-10H,1-4H3. The normalized spacial score (nSPS) is 13.0. The average Bonchev–Trinajstić information content (AvgIpc) is 3.02. The predicted octanol–water partition coefficient (Wildman–Crippen LogP) is 2.02. The Bertz CT molecular complexity index is 1290. The van der Waals surface area contributed by atoms with Crippen molar-refractivity contribution in [3.8, 4) is 23.3 Å².